The number of amides is 1. The summed E-state index contributed by atoms with van der Waals surface area (Å²) in [7, 11) is 7.46. The number of ether oxygens (including phenoxy) is 2. The smallest absolute Gasteiger partial charge is 0.245 e. The van der Waals surface area contributed by atoms with Crippen LogP contribution in [0.4, 0.5) is 0 Å². The van der Waals surface area contributed by atoms with Crippen molar-refractivity contribution in [1.82, 2.24) is 15.1 Å². The van der Waals surface area contributed by atoms with E-state index in [4.69, 9.17) is 9.47 Å². The van der Waals surface area contributed by atoms with Crippen molar-refractivity contribution in [3.05, 3.63) is 29.8 Å². The molecule has 2 atom stereocenters. The zero-order chi connectivity index (χ0) is 18.2. The molecule has 1 heterocycles. The summed E-state index contributed by atoms with van der Waals surface area (Å²) in [4.78, 5) is 16.4. The summed E-state index contributed by atoms with van der Waals surface area (Å²) >= 11 is 0. The second-order valence-electron chi connectivity index (χ2n) is 6.90. The van der Waals surface area contributed by atoms with Gasteiger partial charge in [-0.15, -0.1) is 0 Å². The molecule has 1 fully saturated rings. The third-order valence-electron chi connectivity index (χ3n) is 4.87. The summed E-state index contributed by atoms with van der Waals surface area (Å²) in [6.45, 7) is 3.83. The van der Waals surface area contributed by atoms with Crippen molar-refractivity contribution < 1.29 is 14.3 Å². The van der Waals surface area contributed by atoms with Gasteiger partial charge in [-0.05, 0) is 50.7 Å². The average molecular weight is 349 g/mol. The maximum Gasteiger partial charge on any atom is 0.245 e. The highest BCUT2D eigenvalue weighted by molar-refractivity contribution is 5.77. The highest BCUT2D eigenvalue weighted by atomic mass is 16.5. The Balaban J connectivity index is 1.89. The van der Waals surface area contributed by atoms with Crippen molar-refractivity contribution in [1.29, 1.82) is 0 Å². The van der Waals surface area contributed by atoms with Gasteiger partial charge in [-0.3, -0.25) is 9.69 Å². The Labute approximate surface area is 151 Å². The lowest BCUT2D eigenvalue weighted by atomic mass is 9.90. The van der Waals surface area contributed by atoms with Crippen LogP contribution in [0.15, 0.2) is 24.3 Å². The monoisotopic (exact) mass is 349 g/mol. The van der Waals surface area contributed by atoms with Gasteiger partial charge >= 0.3 is 0 Å². The molecule has 0 radical (unpaired) electrons. The van der Waals surface area contributed by atoms with Gasteiger partial charge in [-0.1, -0.05) is 12.1 Å². The first-order valence-electron chi connectivity index (χ1n) is 8.80. The Kier molecular flexibility index (Phi) is 7.68. The lowest BCUT2D eigenvalue weighted by Gasteiger charge is -2.42. The summed E-state index contributed by atoms with van der Waals surface area (Å²) in [6.07, 6.45) is 1.08. The highest BCUT2D eigenvalue weighted by Gasteiger charge is 2.30. The first-order valence-corrected chi connectivity index (χ1v) is 8.80. The van der Waals surface area contributed by atoms with Crippen LogP contribution in [0.2, 0.25) is 0 Å². The number of hydrogen-bond donors (Lipinski definition) is 1. The molecule has 2 rings (SSSR count). The van der Waals surface area contributed by atoms with Gasteiger partial charge in [-0.2, -0.15) is 0 Å². The molecular formula is C19H31N3O3. The normalized spacial score (nSPS) is 21.3. The number of nitrogens with one attached hydrogen (secondary N) is 1. The fourth-order valence-corrected chi connectivity index (χ4v) is 3.43. The van der Waals surface area contributed by atoms with E-state index < -0.39 is 0 Å². The van der Waals surface area contributed by atoms with E-state index in [1.165, 1.54) is 5.56 Å². The van der Waals surface area contributed by atoms with E-state index in [2.05, 4.69) is 41.3 Å². The summed E-state index contributed by atoms with van der Waals surface area (Å²) in [5, 5.41) is 2.99. The van der Waals surface area contributed by atoms with E-state index in [1.807, 2.05) is 12.1 Å². The Hall–Kier alpha value is -1.63. The van der Waals surface area contributed by atoms with Gasteiger partial charge in [0.25, 0.3) is 0 Å². The lowest BCUT2D eigenvalue weighted by Crippen LogP contribution is -2.53. The van der Waals surface area contributed by atoms with Crippen molar-refractivity contribution in [3.8, 4) is 5.75 Å². The minimum atomic E-state index is -0.0410. The summed E-state index contributed by atoms with van der Waals surface area (Å²) in [6, 6.07) is 8.70. The molecule has 0 saturated carbocycles. The number of benzene rings is 1. The predicted octanol–water partition coefficient (Wildman–Crippen LogP) is 1.21. The fourth-order valence-electron chi connectivity index (χ4n) is 3.43. The second-order valence-corrected chi connectivity index (χ2v) is 6.90. The number of nitrogens with zero attached hydrogens (tertiary/aromatic N) is 2. The van der Waals surface area contributed by atoms with Crippen LogP contribution in [0.25, 0.3) is 0 Å². The van der Waals surface area contributed by atoms with Gasteiger partial charge in [0.1, 0.15) is 12.4 Å². The lowest BCUT2D eigenvalue weighted by molar-refractivity contribution is -0.125. The number of methoxy groups -OCH3 is 2. The third-order valence-corrected chi connectivity index (χ3v) is 4.87. The van der Waals surface area contributed by atoms with Gasteiger partial charge in [0.2, 0.25) is 5.91 Å². The number of likely N-dealkylation sites (N-methyl/N-ethyl adjacent to an activating group) is 1. The molecule has 1 aromatic carbocycles. The van der Waals surface area contributed by atoms with E-state index in [1.54, 1.807) is 14.2 Å². The minimum Gasteiger partial charge on any atom is -0.497 e. The van der Waals surface area contributed by atoms with E-state index in [0.717, 1.165) is 31.8 Å². The van der Waals surface area contributed by atoms with Crippen LogP contribution in [-0.4, -0.2) is 76.3 Å². The number of piperidine rings is 1. The van der Waals surface area contributed by atoms with Crippen LogP contribution < -0.4 is 10.1 Å². The summed E-state index contributed by atoms with van der Waals surface area (Å²) in [5.74, 6) is 1.31. The molecule has 0 bridgehead atoms. The molecule has 1 aliphatic rings. The molecular weight excluding hydrogens is 318 g/mol. The van der Waals surface area contributed by atoms with Gasteiger partial charge < -0.3 is 19.7 Å². The number of carbonyl (C=O) groups is 1. The van der Waals surface area contributed by atoms with Gasteiger partial charge in [0.15, 0.2) is 0 Å². The quantitative estimate of drug-likeness (QED) is 0.765. The molecule has 1 aliphatic heterocycles. The largest absolute Gasteiger partial charge is 0.497 e. The molecule has 25 heavy (non-hydrogen) atoms. The van der Waals surface area contributed by atoms with Gasteiger partial charge in [-0.25, -0.2) is 0 Å². The molecule has 6 nitrogen and oxygen atoms in total. The molecule has 1 saturated heterocycles. The van der Waals surface area contributed by atoms with Crippen molar-refractivity contribution >= 4 is 5.91 Å². The van der Waals surface area contributed by atoms with Crippen LogP contribution in [-0.2, 0) is 16.1 Å². The Morgan fingerprint density at radius 1 is 1.28 bits per heavy atom. The molecule has 1 aromatic rings. The van der Waals surface area contributed by atoms with Gasteiger partial charge in [0, 0.05) is 32.8 Å². The number of hydrogen-bond acceptors (Lipinski definition) is 5. The number of rotatable bonds is 8. The van der Waals surface area contributed by atoms with Crippen LogP contribution in [0.5, 0.6) is 5.75 Å². The van der Waals surface area contributed by atoms with E-state index in [9.17, 15) is 4.79 Å². The molecule has 0 unspecified atom stereocenters. The fraction of sp³-hybridized carbons (Fsp3) is 0.632. The first kappa shape index (κ1) is 19.7. The van der Waals surface area contributed by atoms with E-state index >= 15 is 0 Å². The molecule has 0 aromatic heterocycles. The van der Waals surface area contributed by atoms with Crippen molar-refractivity contribution in [3.63, 3.8) is 0 Å². The highest BCUT2D eigenvalue weighted by Crippen LogP contribution is 2.23. The van der Waals surface area contributed by atoms with Crippen LogP contribution in [0.1, 0.15) is 12.0 Å². The predicted molar refractivity (Wildman–Crippen MR) is 98.7 cm³/mol. The van der Waals surface area contributed by atoms with E-state index in [0.29, 0.717) is 18.5 Å². The Bertz CT molecular complexity index is 533. The maximum absolute atomic E-state index is 11.6. The molecule has 1 N–H and O–H groups in total. The maximum atomic E-state index is 11.6. The van der Waals surface area contributed by atoms with Crippen molar-refractivity contribution in [2.75, 3.05) is 54.6 Å². The molecule has 6 heteroatoms. The SMILES string of the molecule is COCC(=O)NC[C@H]1CCN(Cc2ccc(OC)cc2)C[C@H]1N(C)C. The van der Waals surface area contributed by atoms with Gasteiger partial charge in [0.05, 0.1) is 7.11 Å². The number of likely N-dealkylation sites (tertiary alicyclic amines) is 1. The third kappa shape index (κ3) is 5.99. The topological polar surface area (TPSA) is 54.0 Å². The first-order chi connectivity index (χ1) is 12.0. The second kappa shape index (κ2) is 9.75. The molecule has 0 spiro atoms. The number of carbonyl (C=O) groups excluding carboxylic acids is 1. The Morgan fingerprint density at radius 3 is 2.60 bits per heavy atom. The molecule has 0 aliphatic carbocycles. The molecule has 140 valence electrons. The summed E-state index contributed by atoms with van der Waals surface area (Å²) < 4.78 is 10.1. The Morgan fingerprint density at radius 2 is 2.00 bits per heavy atom. The van der Waals surface area contributed by atoms with Crippen LogP contribution >= 0.6 is 0 Å². The zero-order valence-corrected chi connectivity index (χ0v) is 15.8. The van der Waals surface area contributed by atoms with Crippen molar-refractivity contribution in [2.45, 2.75) is 19.0 Å². The van der Waals surface area contributed by atoms with E-state index in [-0.39, 0.29) is 12.5 Å². The summed E-state index contributed by atoms with van der Waals surface area (Å²) in [5.41, 5.74) is 1.30. The standard InChI is InChI=1S/C19H31N3O3/c1-21(2)18-13-22(12-15-5-7-17(25-4)8-6-15)10-9-16(18)11-20-19(23)14-24-3/h5-8,16,18H,9-14H2,1-4H3,(H,20,23)/t16-,18-/m1/s1. The average Bonchev–Trinajstić information content (AvgIpc) is 2.61. The van der Waals surface area contributed by atoms with Crippen molar-refractivity contribution in [2.24, 2.45) is 5.92 Å². The van der Waals surface area contributed by atoms with Crippen LogP contribution in [0, 0.1) is 5.92 Å². The van der Waals surface area contributed by atoms with Crippen LogP contribution in [0.3, 0.4) is 0 Å². The minimum absolute atomic E-state index is 0.0410. The molecule has 1 amide bonds. The zero-order valence-electron chi connectivity index (χ0n) is 15.8.